The van der Waals surface area contributed by atoms with E-state index in [-0.39, 0.29) is 11.3 Å². The van der Waals surface area contributed by atoms with E-state index in [4.69, 9.17) is 5.26 Å². The van der Waals surface area contributed by atoms with Crippen molar-refractivity contribution < 1.29 is 4.92 Å². The number of nitriles is 1. The van der Waals surface area contributed by atoms with E-state index in [2.05, 4.69) is 15.6 Å². The molecule has 1 aromatic carbocycles. The molecular weight excluding hydrogens is 248 g/mol. The van der Waals surface area contributed by atoms with Gasteiger partial charge in [-0.05, 0) is 12.1 Å². The summed E-state index contributed by atoms with van der Waals surface area (Å²) < 4.78 is 1.55. The van der Waals surface area contributed by atoms with Crippen LogP contribution < -0.4 is 5.32 Å². The number of hydrogen-bond donors (Lipinski definition) is 1. The van der Waals surface area contributed by atoms with E-state index in [1.54, 1.807) is 17.9 Å². The highest BCUT2D eigenvalue weighted by molar-refractivity contribution is 5.64. The summed E-state index contributed by atoms with van der Waals surface area (Å²) in [5.74, 6) is 0. The average molecular weight is 258 g/mol. The Morgan fingerprint density at radius 1 is 1.58 bits per heavy atom. The first-order valence-corrected chi connectivity index (χ1v) is 5.38. The van der Waals surface area contributed by atoms with Gasteiger partial charge in [0.25, 0.3) is 5.69 Å². The molecule has 0 aliphatic carbocycles. The Morgan fingerprint density at radius 2 is 2.37 bits per heavy atom. The lowest BCUT2D eigenvalue weighted by Gasteiger charge is -2.05. The zero-order valence-electron chi connectivity index (χ0n) is 10.1. The Bertz CT molecular complexity index is 657. The summed E-state index contributed by atoms with van der Waals surface area (Å²) in [5, 5.41) is 30.2. The predicted molar refractivity (Wildman–Crippen MR) is 66.1 cm³/mol. The van der Waals surface area contributed by atoms with E-state index < -0.39 is 4.92 Å². The molecule has 1 heterocycles. The number of anilines is 1. The van der Waals surface area contributed by atoms with Crippen LogP contribution in [0.15, 0.2) is 24.4 Å². The fourth-order valence-electron chi connectivity index (χ4n) is 1.56. The first-order valence-electron chi connectivity index (χ1n) is 5.38. The van der Waals surface area contributed by atoms with E-state index in [1.807, 2.05) is 6.07 Å². The highest BCUT2D eigenvalue weighted by atomic mass is 16.6. The maximum atomic E-state index is 10.9. The van der Waals surface area contributed by atoms with Gasteiger partial charge in [0.1, 0.15) is 11.4 Å². The molecule has 0 radical (unpaired) electrons. The Morgan fingerprint density at radius 3 is 2.95 bits per heavy atom. The Balaban J connectivity index is 2.20. The molecule has 0 unspecified atom stereocenters. The minimum Gasteiger partial charge on any atom is -0.374 e. The monoisotopic (exact) mass is 258 g/mol. The van der Waals surface area contributed by atoms with Gasteiger partial charge in [-0.3, -0.25) is 14.8 Å². The van der Waals surface area contributed by atoms with Gasteiger partial charge in [0.15, 0.2) is 0 Å². The number of nitro groups is 1. The van der Waals surface area contributed by atoms with Gasteiger partial charge in [-0.15, -0.1) is 5.10 Å². The lowest BCUT2D eigenvalue weighted by Crippen LogP contribution is -2.03. The van der Waals surface area contributed by atoms with Crippen LogP contribution in [0.3, 0.4) is 0 Å². The van der Waals surface area contributed by atoms with Gasteiger partial charge in [-0.2, -0.15) is 5.26 Å². The van der Waals surface area contributed by atoms with Gasteiger partial charge >= 0.3 is 0 Å². The van der Waals surface area contributed by atoms with Gasteiger partial charge in [0.05, 0.1) is 23.1 Å². The molecule has 0 spiro atoms. The summed E-state index contributed by atoms with van der Waals surface area (Å²) in [5.41, 5.74) is 1.12. The molecule has 1 N–H and O–H groups in total. The third kappa shape index (κ3) is 2.84. The number of benzene rings is 1. The van der Waals surface area contributed by atoms with E-state index >= 15 is 0 Å². The van der Waals surface area contributed by atoms with Crippen LogP contribution >= 0.6 is 0 Å². The zero-order chi connectivity index (χ0) is 13.8. The summed E-state index contributed by atoms with van der Waals surface area (Å²) in [4.78, 5) is 10.4. The molecule has 0 aliphatic heterocycles. The second-order valence-electron chi connectivity index (χ2n) is 3.84. The van der Waals surface area contributed by atoms with Crippen molar-refractivity contribution in [1.82, 2.24) is 15.0 Å². The van der Waals surface area contributed by atoms with Gasteiger partial charge < -0.3 is 5.32 Å². The van der Waals surface area contributed by atoms with Gasteiger partial charge in [-0.25, -0.2) is 0 Å². The second kappa shape index (κ2) is 5.14. The number of nitro benzene ring substituents is 1. The van der Waals surface area contributed by atoms with Crippen molar-refractivity contribution in [2.24, 2.45) is 7.05 Å². The van der Waals surface area contributed by atoms with Crippen molar-refractivity contribution in [3.05, 3.63) is 45.8 Å². The SMILES string of the molecule is Cn1cc(CNc2ccc(C#N)cc2[N+](=O)[O-])nn1. The predicted octanol–water partition coefficient (Wildman–Crippen LogP) is 1.21. The molecule has 0 fully saturated rings. The summed E-state index contributed by atoms with van der Waals surface area (Å²) in [6.45, 7) is 0.320. The summed E-state index contributed by atoms with van der Waals surface area (Å²) in [7, 11) is 1.74. The van der Waals surface area contributed by atoms with Crippen molar-refractivity contribution in [2.75, 3.05) is 5.32 Å². The van der Waals surface area contributed by atoms with Crippen molar-refractivity contribution in [1.29, 1.82) is 5.26 Å². The molecule has 0 bridgehead atoms. The fourth-order valence-corrected chi connectivity index (χ4v) is 1.56. The molecule has 2 aromatic rings. The molecule has 0 aliphatic rings. The van der Waals surface area contributed by atoms with Crippen LogP contribution in [-0.4, -0.2) is 19.9 Å². The number of nitrogens with zero attached hydrogens (tertiary/aromatic N) is 5. The normalized spacial score (nSPS) is 9.89. The van der Waals surface area contributed by atoms with E-state index in [9.17, 15) is 10.1 Å². The third-order valence-corrected chi connectivity index (χ3v) is 2.43. The first-order chi connectivity index (χ1) is 9.10. The van der Waals surface area contributed by atoms with Gasteiger partial charge in [0, 0.05) is 19.3 Å². The third-order valence-electron chi connectivity index (χ3n) is 2.43. The van der Waals surface area contributed by atoms with Crippen LogP contribution in [0.1, 0.15) is 11.3 Å². The lowest BCUT2D eigenvalue weighted by atomic mass is 10.2. The molecule has 0 saturated heterocycles. The van der Waals surface area contributed by atoms with Crippen LogP contribution in [0.25, 0.3) is 0 Å². The fraction of sp³-hybridized carbons (Fsp3) is 0.182. The summed E-state index contributed by atoms with van der Waals surface area (Å²) in [6, 6.07) is 6.13. The molecular formula is C11H10N6O2. The highest BCUT2D eigenvalue weighted by Crippen LogP contribution is 2.25. The maximum absolute atomic E-state index is 10.9. The molecule has 2 rings (SSSR count). The first kappa shape index (κ1) is 12.5. The van der Waals surface area contributed by atoms with Crippen molar-refractivity contribution in [3.63, 3.8) is 0 Å². The van der Waals surface area contributed by atoms with E-state index in [0.29, 0.717) is 17.9 Å². The summed E-state index contributed by atoms with van der Waals surface area (Å²) >= 11 is 0. The lowest BCUT2D eigenvalue weighted by molar-refractivity contribution is -0.384. The summed E-state index contributed by atoms with van der Waals surface area (Å²) in [6.07, 6.45) is 1.71. The smallest absolute Gasteiger partial charge is 0.293 e. The van der Waals surface area contributed by atoms with Crippen LogP contribution in [-0.2, 0) is 13.6 Å². The molecule has 0 amide bonds. The number of nitrogens with one attached hydrogen (secondary N) is 1. The number of rotatable bonds is 4. The number of hydrogen-bond acceptors (Lipinski definition) is 6. The van der Waals surface area contributed by atoms with E-state index in [0.717, 1.165) is 0 Å². The maximum Gasteiger partial charge on any atom is 0.293 e. The molecule has 0 saturated carbocycles. The van der Waals surface area contributed by atoms with Crippen LogP contribution in [0, 0.1) is 21.4 Å². The Labute approximate surface area is 108 Å². The number of aromatic nitrogens is 3. The number of aryl methyl sites for hydroxylation is 1. The molecule has 8 heteroatoms. The van der Waals surface area contributed by atoms with Crippen LogP contribution in [0.4, 0.5) is 11.4 Å². The second-order valence-corrected chi connectivity index (χ2v) is 3.84. The molecule has 1 aromatic heterocycles. The molecule has 8 nitrogen and oxygen atoms in total. The van der Waals surface area contributed by atoms with Crippen molar-refractivity contribution >= 4 is 11.4 Å². The quantitative estimate of drug-likeness (QED) is 0.651. The molecule has 96 valence electrons. The van der Waals surface area contributed by atoms with Crippen molar-refractivity contribution in [3.8, 4) is 6.07 Å². The average Bonchev–Trinajstić information content (AvgIpc) is 2.82. The highest BCUT2D eigenvalue weighted by Gasteiger charge is 2.14. The van der Waals surface area contributed by atoms with Gasteiger partial charge in [-0.1, -0.05) is 5.21 Å². The largest absolute Gasteiger partial charge is 0.374 e. The molecule has 19 heavy (non-hydrogen) atoms. The van der Waals surface area contributed by atoms with E-state index in [1.165, 1.54) is 18.2 Å². The van der Waals surface area contributed by atoms with Crippen molar-refractivity contribution in [2.45, 2.75) is 6.54 Å². The standard InChI is InChI=1S/C11H10N6O2/c1-16-7-9(14-15-16)6-13-10-3-2-8(5-12)4-11(10)17(18)19/h2-4,7,13H,6H2,1H3. The Kier molecular flexibility index (Phi) is 3.38. The zero-order valence-corrected chi connectivity index (χ0v) is 10.1. The topological polar surface area (TPSA) is 110 Å². The Hall–Kier alpha value is -2.95. The minimum absolute atomic E-state index is 0.136. The molecule has 0 atom stereocenters. The minimum atomic E-state index is -0.528. The van der Waals surface area contributed by atoms with Crippen LogP contribution in [0.5, 0.6) is 0 Å². The van der Waals surface area contributed by atoms with Gasteiger partial charge in [0.2, 0.25) is 0 Å². The van der Waals surface area contributed by atoms with Crippen LogP contribution in [0.2, 0.25) is 0 Å².